The van der Waals surface area contributed by atoms with Gasteiger partial charge in [-0.1, -0.05) is 31.2 Å². The van der Waals surface area contributed by atoms with Gasteiger partial charge in [-0.2, -0.15) is 0 Å². The van der Waals surface area contributed by atoms with Gasteiger partial charge in [0.15, 0.2) is 0 Å². The van der Waals surface area contributed by atoms with E-state index in [0.717, 1.165) is 39.0 Å². The number of nitrogens with two attached hydrogens (primary N) is 1. The molecule has 114 valence electrons. The Hall–Kier alpha value is -1.39. The van der Waals surface area contributed by atoms with Crippen LogP contribution in [0.15, 0.2) is 24.3 Å². The number of hydrogen-bond acceptors (Lipinski definition) is 3. The van der Waals surface area contributed by atoms with Crippen LogP contribution >= 0.6 is 0 Å². The second kappa shape index (κ2) is 6.16. The Morgan fingerprint density at radius 2 is 2.05 bits per heavy atom. The number of amides is 1. The van der Waals surface area contributed by atoms with E-state index >= 15 is 0 Å². The molecule has 21 heavy (non-hydrogen) atoms. The maximum atomic E-state index is 12.5. The maximum absolute atomic E-state index is 12.5. The Morgan fingerprint density at radius 3 is 2.81 bits per heavy atom. The number of hydrogen-bond donors (Lipinski definition) is 1. The van der Waals surface area contributed by atoms with Crippen molar-refractivity contribution < 1.29 is 4.79 Å². The largest absolute Gasteiger partial charge is 0.337 e. The van der Waals surface area contributed by atoms with Gasteiger partial charge in [-0.25, -0.2) is 0 Å². The lowest BCUT2D eigenvalue weighted by molar-refractivity contribution is -0.133. The highest BCUT2D eigenvalue weighted by atomic mass is 16.2. The molecule has 4 nitrogen and oxygen atoms in total. The molecule has 0 saturated carbocycles. The summed E-state index contributed by atoms with van der Waals surface area (Å²) in [6, 6.07) is 8.64. The van der Waals surface area contributed by atoms with E-state index in [-0.39, 0.29) is 11.9 Å². The predicted octanol–water partition coefficient (Wildman–Crippen LogP) is 1.24. The van der Waals surface area contributed by atoms with Crippen LogP contribution in [0.4, 0.5) is 0 Å². The van der Waals surface area contributed by atoms with Crippen molar-refractivity contribution in [3.8, 4) is 0 Å². The van der Waals surface area contributed by atoms with Gasteiger partial charge in [-0.15, -0.1) is 0 Å². The van der Waals surface area contributed by atoms with Crippen LogP contribution in [0.3, 0.4) is 0 Å². The number of fused-ring (bicyclic) bond motifs is 1. The van der Waals surface area contributed by atoms with Crippen LogP contribution in [-0.2, 0) is 17.8 Å². The Morgan fingerprint density at radius 1 is 1.29 bits per heavy atom. The molecule has 3 rings (SSSR count). The van der Waals surface area contributed by atoms with Crippen molar-refractivity contribution in [3.05, 3.63) is 35.4 Å². The summed E-state index contributed by atoms with van der Waals surface area (Å²) in [5.74, 6) is 0.828. The van der Waals surface area contributed by atoms with Gasteiger partial charge >= 0.3 is 0 Å². The lowest BCUT2D eigenvalue weighted by atomic mass is 9.96. The molecule has 0 aliphatic carbocycles. The molecule has 2 N–H and O–H groups in total. The molecule has 4 heteroatoms. The zero-order chi connectivity index (χ0) is 14.8. The summed E-state index contributed by atoms with van der Waals surface area (Å²) < 4.78 is 0. The summed E-state index contributed by atoms with van der Waals surface area (Å²) in [4.78, 5) is 16.7. The third-order valence-electron chi connectivity index (χ3n) is 4.61. The first-order chi connectivity index (χ1) is 10.1. The van der Waals surface area contributed by atoms with Gasteiger partial charge in [-0.05, 0) is 29.9 Å². The van der Waals surface area contributed by atoms with Crippen LogP contribution in [0, 0.1) is 5.92 Å². The van der Waals surface area contributed by atoms with Crippen molar-refractivity contribution in [2.24, 2.45) is 11.7 Å². The average Bonchev–Trinajstić information content (AvgIpc) is 2.45. The topological polar surface area (TPSA) is 49.6 Å². The van der Waals surface area contributed by atoms with E-state index in [4.69, 9.17) is 5.73 Å². The fourth-order valence-corrected chi connectivity index (χ4v) is 3.64. The van der Waals surface area contributed by atoms with E-state index in [1.54, 1.807) is 0 Å². The molecule has 2 unspecified atom stereocenters. The third-order valence-corrected chi connectivity index (χ3v) is 4.61. The minimum absolute atomic E-state index is 0.212. The van der Waals surface area contributed by atoms with Crippen molar-refractivity contribution in [3.63, 3.8) is 0 Å². The second-order valence-corrected chi connectivity index (χ2v) is 6.63. The molecule has 0 radical (unpaired) electrons. The van der Waals surface area contributed by atoms with Crippen LogP contribution in [0.25, 0.3) is 0 Å². The first-order valence-electron chi connectivity index (χ1n) is 7.94. The summed E-state index contributed by atoms with van der Waals surface area (Å²) >= 11 is 0. The van der Waals surface area contributed by atoms with Gasteiger partial charge in [-0.3, -0.25) is 9.69 Å². The zero-order valence-corrected chi connectivity index (χ0v) is 12.8. The summed E-state index contributed by atoms with van der Waals surface area (Å²) in [7, 11) is 0. The van der Waals surface area contributed by atoms with Gasteiger partial charge in [0.05, 0.1) is 6.54 Å². The first-order valence-corrected chi connectivity index (χ1v) is 7.94. The summed E-state index contributed by atoms with van der Waals surface area (Å²) in [5.41, 5.74) is 8.74. The highest BCUT2D eigenvalue weighted by molar-refractivity contribution is 5.78. The Kier molecular flexibility index (Phi) is 4.27. The second-order valence-electron chi connectivity index (χ2n) is 6.63. The van der Waals surface area contributed by atoms with E-state index in [2.05, 4.69) is 36.1 Å². The molecule has 1 saturated heterocycles. The van der Waals surface area contributed by atoms with E-state index in [1.165, 1.54) is 11.1 Å². The quantitative estimate of drug-likeness (QED) is 0.890. The fraction of sp³-hybridized carbons (Fsp3) is 0.588. The summed E-state index contributed by atoms with van der Waals surface area (Å²) in [5, 5.41) is 0. The average molecular weight is 287 g/mol. The molecule has 0 aromatic heterocycles. The molecule has 1 aromatic carbocycles. The zero-order valence-electron chi connectivity index (χ0n) is 12.8. The number of piperidine rings is 1. The van der Waals surface area contributed by atoms with Gasteiger partial charge in [0.25, 0.3) is 0 Å². The molecule has 1 aromatic rings. The normalized spacial score (nSPS) is 26.5. The number of rotatable bonds is 2. The fourth-order valence-electron chi connectivity index (χ4n) is 3.64. The smallest absolute Gasteiger partial charge is 0.237 e. The van der Waals surface area contributed by atoms with Crippen molar-refractivity contribution in [2.45, 2.75) is 32.4 Å². The van der Waals surface area contributed by atoms with Crippen LogP contribution in [-0.4, -0.2) is 47.9 Å². The van der Waals surface area contributed by atoms with Crippen LogP contribution in [0.2, 0.25) is 0 Å². The number of likely N-dealkylation sites (tertiary alicyclic amines) is 1. The first kappa shape index (κ1) is 14.5. The lowest BCUT2D eigenvalue weighted by Gasteiger charge is -2.36. The van der Waals surface area contributed by atoms with Crippen molar-refractivity contribution >= 4 is 5.91 Å². The van der Waals surface area contributed by atoms with Crippen LogP contribution in [0.5, 0.6) is 0 Å². The Labute approximate surface area is 126 Å². The predicted molar refractivity (Wildman–Crippen MR) is 83.8 cm³/mol. The molecule has 0 bridgehead atoms. The van der Waals surface area contributed by atoms with Gasteiger partial charge < -0.3 is 10.6 Å². The molecule has 2 aliphatic heterocycles. The highest BCUT2D eigenvalue weighted by Gasteiger charge is 2.26. The minimum Gasteiger partial charge on any atom is -0.337 e. The molecule has 2 atom stereocenters. The standard InChI is InChI=1S/C17H25N3O/c1-13-8-16(18)11-19(9-13)12-17(21)20-7-6-14-4-2-3-5-15(14)10-20/h2-5,13,16H,6-12,18H2,1H3. The number of carbonyl (C=O) groups is 1. The van der Waals surface area contributed by atoms with Gasteiger partial charge in [0, 0.05) is 32.2 Å². The SMILES string of the molecule is CC1CC(N)CN(CC(=O)N2CCc3ccccc3C2)C1. The number of benzene rings is 1. The van der Waals surface area contributed by atoms with Crippen molar-refractivity contribution in [1.29, 1.82) is 0 Å². The third kappa shape index (κ3) is 3.44. The minimum atomic E-state index is 0.212. The maximum Gasteiger partial charge on any atom is 0.237 e. The van der Waals surface area contributed by atoms with E-state index < -0.39 is 0 Å². The molecule has 2 heterocycles. The van der Waals surface area contributed by atoms with Gasteiger partial charge in [0.1, 0.15) is 0 Å². The molecule has 1 amide bonds. The molecular weight excluding hydrogens is 262 g/mol. The van der Waals surface area contributed by atoms with Gasteiger partial charge in [0.2, 0.25) is 5.91 Å². The molecule has 2 aliphatic rings. The number of nitrogens with zero attached hydrogens (tertiary/aromatic N) is 2. The van der Waals surface area contributed by atoms with Crippen LogP contribution in [0.1, 0.15) is 24.5 Å². The number of carbonyl (C=O) groups excluding carboxylic acids is 1. The molecule has 1 fully saturated rings. The van der Waals surface area contributed by atoms with Crippen molar-refractivity contribution in [1.82, 2.24) is 9.80 Å². The summed E-state index contributed by atoms with van der Waals surface area (Å²) in [6.07, 6.45) is 2.04. The monoisotopic (exact) mass is 287 g/mol. The highest BCUT2D eigenvalue weighted by Crippen LogP contribution is 2.19. The van der Waals surface area contributed by atoms with Crippen LogP contribution < -0.4 is 5.73 Å². The lowest BCUT2D eigenvalue weighted by Crippen LogP contribution is -2.50. The van der Waals surface area contributed by atoms with E-state index in [9.17, 15) is 4.79 Å². The van der Waals surface area contributed by atoms with E-state index in [0.29, 0.717) is 12.5 Å². The molecular formula is C17H25N3O. The van der Waals surface area contributed by atoms with E-state index in [1.807, 2.05) is 4.90 Å². The van der Waals surface area contributed by atoms with Crippen molar-refractivity contribution in [2.75, 3.05) is 26.2 Å². The Bertz CT molecular complexity index is 507. The molecule has 0 spiro atoms. The Balaban J connectivity index is 1.59. The summed E-state index contributed by atoms with van der Waals surface area (Å²) in [6.45, 7) is 6.16.